The zero-order valence-electron chi connectivity index (χ0n) is 13.4. The van der Waals surface area contributed by atoms with Crippen molar-refractivity contribution in [1.29, 1.82) is 0 Å². The van der Waals surface area contributed by atoms with E-state index in [1.165, 1.54) is 13.8 Å². The van der Waals surface area contributed by atoms with Crippen LogP contribution in [0.3, 0.4) is 0 Å². The summed E-state index contributed by atoms with van der Waals surface area (Å²) < 4.78 is 31.1. The number of carbonyl (C=O) groups excluding carboxylic acids is 2. The minimum Gasteiger partial charge on any atom is -1.00 e. The van der Waals surface area contributed by atoms with E-state index in [1.807, 2.05) is 13.8 Å². The van der Waals surface area contributed by atoms with Gasteiger partial charge in [-0.3, -0.25) is 0 Å². The number of ketones is 1. The molecule has 0 bridgehead atoms. The number of hydrogen-bond donors (Lipinski definition) is 0. The van der Waals surface area contributed by atoms with Crippen LogP contribution in [0, 0.1) is 14.9 Å². The summed E-state index contributed by atoms with van der Waals surface area (Å²) in [5, 5.41) is 0. The van der Waals surface area contributed by atoms with Gasteiger partial charge in [-0.15, -0.1) is 0 Å². The molecule has 0 fully saturated rings. The zero-order chi connectivity index (χ0) is 10.8. The fourth-order valence-corrected chi connectivity index (χ4v) is 0. The maximum atomic E-state index is 10.4. The molecule has 97 valence electrons. The molecule has 0 unspecified atom stereocenters. The maximum absolute atomic E-state index is 10.4. The van der Waals surface area contributed by atoms with E-state index >= 15 is 0 Å². The summed E-state index contributed by atoms with van der Waals surface area (Å²) in [6.07, 6.45) is -4.91. The maximum Gasteiger partial charge on any atom is 2.00 e. The first-order valence-corrected chi connectivity index (χ1v) is 3.23. The predicted octanol–water partition coefficient (Wildman–Crippen LogP) is 2.64. The van der Waals surface area contributed by atoms with Crippen molar-refractivity contribution in [3.8, 4) is 0 Å². The first-order chi connectivity index (χ1) is 5.29. The normalized spacial score (nSPS) is 5.82. The van der Waals surface area contributed by atoms with Gasteiger partial charge in [-0.25, -0.2) is 13.2 Å². The monoisotopic (exact) mass is 354 g/mol. The molecule has 0 aromatic rings. The molecule has 1 radical (unpaired) electrons. The van der Waals surface area contributed by atoms with Crippen molar-refractivity contribution in [2.24, 2.45) is 0 Å². The van der Waals surface area contributed by atoms with Crippen LogP contribution in [0.4, 0.5) is 13.2 Å². The van der Waals surface area contributed by atoms with Gasteiger partial charge >= 0.3 is 46.1 Å². The molecule has 0 aliphatic carbocycles. The smallest absolute Gasteiger partial charge is 1.00 e. The number of carbonyl (C=O) groups is 1. The molecule has 0 aromatic heterocycles. The summed E-state index contributed by atoms with van der Waals surface area (Å²) in [6, 6.07) is 0. The molecular weight excluding hydrogens is 335 g/mol. The third-order valence-corrected chi connectivity index (χ3v) is 0.116. The van der Waals surface area contributed by atoms with Crippen molar-refractivity contribution >= 4 is 58.2 Å². The molecule has 0 rings (SSSR count). The van der Waals surface area contributed by atoms with Gasteiger partial charge in [0.15, 0.2) is 0 Å². The van der Waals surface area contributed by atoms with Crippen molar-refractivity contribution in [3.63, 3.8) is 0 Å². The number of halogens is 3. The summed E-state index contributed by atoms with van der Waals surface area (Å²) in [5.41, 5.74) is 0. The van der Waals surface area contributed by atoms with Gasteiger partial charge in [-0.2, -0.15) is 6.29 Å². The second kappa shape index (κ2) is 36.1. The van der Waals surface area contributed by atoms with Gasteiger partial charge in [0.2, 0.25) is 0 Å². The van der Waals surface area contributed by atoms with E-state index in [9.17, 15) is 18.0 Å². The Morgan fingerprint density at radius 1 is 1.06 bits per heavy atom. The summed E-state index contributed by atoms with van der Waals surface area (Å²) in [6.45, 7) is 7.06. The summed E-state index contributed by atoms with van der Waals surface area (Å²) in [4.78, 5) is 18.0. The summed E-state index contributed by atoms with van der Waals surface area (Å²) in [5.74, 6) is 0.167. The van der Waals surface area contributed by atoms with Gasteiger partial charge < -0.3 is 27.3 Å². The van der Waals surface area contributed by atoms with Gasteiger partial charge in [0, 0.05) is 32.7 Å². The Kier molecular flexibility index (Phi) is 108. The first-order valence-electron chi connectivity index (χ1n) is 3.23. The summed E-state index contributed by atoms with van der Waals surface area (Å²) in [7, 11) is 0. The average molecular weight is 355 g/mol. The average Bonchev–Trinajstić information content (AvgIpc) is 1.90. The van der Waals surface area contributed by atoms with Crippen LogP contribution in [0.5, 0.6) is 0 Å². The van der Waals surface area contributed by atoms with Crippen LogP contribution < -0.4 is 0 Å². The largest absolute Gasteiger partial charge is 2.00 e. The molecule has 0 aromatic carbocycles. The van der Waals surface area contributed by atoms with Crippen LogP contribution in [0.2, 0.25) is 0 Å². The number of alkyl halides is 3. The van der Waals surface area contributed by atoms with Gasteiger partial charge in [0.05, 0.1) is 0 Å². The second-order valence-corrected chi connectivity index (χ2v) is 1.51. The van der Waals surface area contributed by atoms with E-state index in [0.717, 1.165) is 0 Å². The van der Waals surface area contributed by atoms with E-state index in [2.05, 4.69) is 0 Å². The second-order valence-electron chi connectivity index (χ2n) is 1.51. The van der Waals surface area contributed by atoms with Crippen molar-refractivity contribution in [2.75, 3.05) is 0 Å². The molecule has 17 heavy (non-hydrogen) atoms. The molecule has 0 amide bonds. The predicted molar refractivity (Wildman–Crippen MR) is 66.0 cm³/mol. The van der Waals surface area contributed by atoms with Crippen LogP contribution in [-0.4, -0.2) is 64.4 Å². The molecule has 0 aliphatic rings. The Labute approximate surface area is 163 Å². The molecule has 0 saturated carbocycles. The van der Waals surface area contributed by atoms with Gasteiger partial charge in [-0.1, -0.05) is 13.8 Å². The molecule has 2 nitrogen and oxygen atoms in total. The molecule has 0 aliphatic heterocycles. The molecule has 0 spiro atoms. The van der Waals surface area contributed by atoms with Crippen LogP contribution in [0.25, 0.3) is 0 Å². The Morgan fingerprint density at radius 2 is 1.12 bits per heavy atom. The minimum atomic E-state index is -4.76. The number of hydrogen-bond acceptors (Lipinski definition) is 2. The molecule has 0 atom stereocenters. The van der Waals surface area contributed by atoms with Crippen molar-refractivity contribution in [3.05, 3.63) is 14.9 Å². The van der Waals surface area contributed by atoms with Crippen LogP contribution in [0.1, 0.15) is 30.5 Å². The van der Waals surface area contributed by atoms with Gasteiger partial charge in [0.25, 0.3) is 6.18 Å². The molecule has 8 heteroatoms. The molecule has 0 heterocycles. The van der Waals surface area contributed by atoms with E-state index < -0.39 is 6.18 Å². The van der Waals surface area contributed by atoms with E-state index in [4.69, 9.17) is 4.79 Å². The van der Waals surface area contributed by atoms with Crippen molar-refractivity contribution in [2.45, 2.75) is 33.9 Å². The van der Waals surface area contributed by atoms with Gasteiger partial charge in [-0.05, 0) is 13.8 Å². The van der Waals surface area contributed by atoms with Crippen LogP contribution in [0.15, 0.2) is 0 Å². The fourth-order valence-electron chi connectivity index (χ4n) is 0. The van der Waals surface area contributed by atoms with Crippen molar-refractivity contribution in [1.82, 2.24) is 0 Å². The zero-order valence-corrected chi connectivity index (χ0v) is 17.1. The van der Waals surface area contributed by atoms with E-state index in [1.54, 1.807) is 0 Å². The Bertz CT molecular complexity index is 139. The molecular formula is C9H20F3Mg2O2Y-. The Hall–Kier alpha value is 1.77. The number of Topliss-reactive ketones (excluding diaryl/α,β-unsaturated/α-hetero) is 1. The van der Waals surface area contributed by atoms with E-state index in [-0.39, 0.29) is 109 Å². The quantitative estimate of drug-likeness (QED) is 0.495. The van der Waals surface area contributed by atoms with Crippen LogP contribution in [-0.2, 0) is 42.3 Å². The van der Waals surface area contributed by atoms with Gasteiger partial charge in [0.1, 0.15) is 5.78 Å². The topological polar surface area (TPSA) is 34.1 Å². The van der Waals surface area contributed by atoms with Crippen LogP contribution >= 0.6 is 0 Å². The molecule has 0 N–H and O–H groups in total. The standard InChI is InChI=1S/C3H6O.C2F3O.C2H6.2CH3.2Mg.Y.2H/c1-3(2)4;3-2(4,5)1-6;1-2;;;;;;;/h1-2H3;;1-2H3;2*1H3;;;;;/q;-1;;2*-1;2*+2;;2*-1. The molecule has 0 saturated heterocycles. The SMILES string of the molecule is CC.CC(C)=O.O=[C-]C(F)(F)F.[CH3-].[CH3-].[H-].[H-].[Mg+2].[Mg+2].[Y]. The van der Waals surface area contributed by atoms with Crippen molar-refractivity contribution < 1.29 is 58.3 Å². The Morgan fingerprint density at radius 3 is 1.12 bits per heavy atom. The third-order valence-electron chi connectivity index (χ3n) is 0.116. The third kappa shape index (κ3) is 194. The fraction of sp³-hybridized carbons (Fsp3) is 0.556. The Balaban J connectivity index is -0.00000000724. The van der Waals surface area contributed by atoms with E-state index in [0.29, 0.717) is 0 Å². The number of rotatable bonds is 0. The first kappa shape index (κ1) is 51.1. The summed E-state index contributed by atoms with van der Waals surface area (Å²) >= 11 is 0. The minimum absolute atomic E-state index is 0.